The zero-order valence-corrected chi connectivity index (χ0v) is 11.3. The molecule has 0 fully saturated rings. The second kappa shape index (κ2) is 7.39. The summed E-state index contributed by atoms with van der Waals surface area (Å²) in [5, 5.41) is 10.9. The topological polar surface area (TPSA) is 88.1 Å². The fourth-order valence-corrected chi connectivity index (χ4v) is 1.57. The van der Waals surface area contributed by atoms with Crippen molar-refractivity contribution in [2.24, 2.45) is 5.73 Å². The Morgan fingerprint density at radius 3 is 2.89 bits per heavy atom. The molecule has 0 aliphatic carbocycles. The molecule has 0 radical (unpaired) electrons. The minimum atomic E-state index is -0.231. The third-order valence-electron chi connectivity index (χ3n) is 2.64. The van der Waals surface area contributed by atoms with E-state index >= 15 is 0 Å². The van der Waals surface area contributed by atoms with E-state index in [-0.39, 0.29) is 18.6 Å². The summed E-state index contributed by atoms with van der Waals surface area (Å²) in [6, 6.07) is 7.59. The van der Waals surface area contributed by atoms with Crippen LogP contribution < -0.4 is 15.8 Å². The largest absolute Gasteiger partial charge is 0.484 e. The molecule has 1 atom stereocenters. The molecule has 0 aliphatic rings. The van der Waals surface area contributed by atoms with E-state index in [1.54, 1.807) is 0 Å². The van der Waals surface area contributed by atoms with Crippen LogP contribution in [0.25, 0.3) is 0 Å². The summed E-state index contributed by atoms with van der Waals surface area (Å²) in [4.78, 5) is 11.4. The monoisotopic (exact) mass is 261 g/mol. The molecule has 0 saturated carbocycles. The van der Waals surface area contributed by atoms with Gasteiger partial charge in [-0.05, 0) is 31.0 Å². The SMILES string of the molecule is Cc1cc([C@@H](C)N)ccc1OCC(=O)NCCC#N. The number of nitrogens with two attached hydrogens (primary N) is 1. The number of aryl methyl sites for hydroxylation is 1. The Labute approximate surface area is 113 Å². The predicted molar refractivity (Wildman–Crippen MR) is 72.5 cm³/mol. The molecule has 1 aromatic carbocycles. The van der Waals surface area contributed by atoms with Gasteiger partial charge in [0.1, 0.15) is 5.75 Å². The highest BCUT2D eigenvalue weighted by Crippen LogP contribution is 2.21. The lowest BCUT2D eigenvalue weighted by Crippen LogP contribution is -2.29. The third kappa shape index (κ3) is 4.98. The molecule has 0 spiro atoms. The van der Waals surface area contributed by atoms with E-state index in [0.29, 0.717) is 18.7 Å². The maximum absolute atomic E-state index is 11.4. The van der Waals surface area contributed by atoms with Crippen molar-refractivity contribution in [3.63, 3.8) is 0 Å². The number of nitrogens with zero attached hydrogens (tertiary/aromatic N) is 1. The summed E-state index contributed by atoms with van der Waals surface area (Å²) in [5.41, 5.74) is 7.77. The number of nitriles is 1. The highest BCUT2D eigenvalue weighted by Gasteiger charge is 2.06. The van der Waals surface area contributed by atoms with Crippen molar-refractivity contribution in [2.75, 3.05) is 13.2 Å². The van der Waals surface area contributed by atoms with Crippen molar-refractivity contribution in [3.05, 3.63) is 29.3 Å². The molecule has 5 nitrogen and oxygen atoms in total. The molecule has 1 rings (SSSR count). The predicted octanol–water partition coefficient (Wildman–Crippen LogP) is 1.42. The number of hydrogen-bond donors (Lipinski definition) is 2. The fraction of sp³-hybridized carbons (Fsp3) is 0.429. The van der Waals surface area contributed by atoms with Crippen LogP contribution in [-0.4, -0.2) is 19.1 Å². The Morgan fingerprint density at radius 2 is 2.32 bits per heavy atom. The van der Waals surface area contributed by atoms with E-state index in [1.165, 1.54) is 0 Å². The first kappa shape index (κ1) is 15.0. The van der Waals surface area contributed by atoms with E-state index in [9.17, 15) is 4.79 Å². The third-order valence-corrected chi connectivity index (χ3v) is 2.64. The first-order valence-corrected chi connectivity index (χ1v) is 6.17. The van der Waals surface area contributed by atoms with Crippen molar-refractivity contribution >= 4 is 5.91 Å². The van der Waals surface area contributed by atoms with Crippen LogP contribution in [0.5, 0.6) is 5.75 Å². The van der Waals surface area contributed by atoms with Gasteiger partial charge in [0.2, 0.25) is 0 Å². The summed E-state index contributed by atoms with van der Waals surface area (Å²) in [6.07, 6.45) is 0.299. The van der Waals surface area contributed by atoms with Crippen molar-refractivity contribution in [2.45, 2.75) is 26.3 Å². The Balaban J connectivity index is 2.50. The Hall–Kier alpha value is -2.06. The molecule has 5 heteroatoms. The summed E-state index contributed by atoms with van der Waals surface area (Å²) >= 11 is 0. The highest BCUT2D eigenvalue weighted by molar-refractivity contribution is 5.77. The number of nitrogens with one attached hydrogen (secondary N) is 1. The second-order valence-electron chi connectivity index (χ2n) is 4.36. The minimum Gasteiger partial charge on any atom is -0.484 e. The summed E-state index contributed by atoms with van der Waals surface area (Å²) in [7, 11) is 0. The van der Waals surface area contributed by atoms with Gasteiger partial charge in [-0.15, -0.1) is 0 Å². The van der Waals surface area contributed by atoms with Gasteiger partial charge in [0.05, 0.1) is 12.5 Å². The summed E-state index contributed by atoms with van der Waals surface area (Å²) < 4.78 is 5.43. The molecule has 0 aliphatic heterocycles. The quantitative estimate of drug-likeness (QED) is 0.758. The molecule has 0 aromatic heterocycles. The maximum Gasteiger partial charge on any atom is 0.257 e. The number of benzene rings is 1. The van der Waals surface area contributed by atoms with Crippen molar-refractivity contribution in [1.82, 2.24) is 5.32 Å². The molecule has 0 unspecified atom stereocenters. The van der Waals surface area contributed by atoms with Gasteiger partial charge in [-0.25, -0.2) is 0 Å². The average molecular weight is 261 g/mol. The molecule has 1 amide bonds. The summed E-state index contributed by atoms with van der Waals surface area (Å²) in [6.45, 7) is 4.12. The fourth-order valence-electron chi connectivity index (χ4n) is 1.57. The zero-order chi connectivity index (χ0) is 14.3. The van der Waals surface area contributed by atoms with Gasteiger partial charge in [-0.2, -0.15) is 5.26 Å². The second-order valence-corrected chi connectivity index (χ2v) is 4.36. The van der Waals surface area contributed by atoms with Gasteiger partial charge in [0.25, 0.3) is 5.91 Å². The first-order valence-electron chi connectivity index (χ1n) is 6.17. The minimum absolute atomic E-state index is 0.0259. The van der Waals surface area contributed by atoms with Gasteiger partial charge in [-0.1, -0.05) is 12.1 Å². The maximum atomic E-state index is 11.4. The van der Waals surface area contributed by atoms with Crippen molar-refractivity contribution in [3.8, 4) is 11.8 Å². The van der Waals surface area contributed by atoms with E-state index in [1.807, 2.05) is 38.1 Å². The molecule has 0 heterocycles. The van der Waals surface area contributed by atoms with Crippen LogP contribution >= 0.6 is 0 Å². The molecular formula is C14H19N3O2. The van der Waals surface area contributed by atoms with Crippen LogP contribution in [0, 0.1) is 18.3 Å². The van der Waals surface area contributed by atoms with Gasteiger partial charge in [-0.3, -0.25) is 4.79 Å². The van der Waals surface area contributed by atoms with Crippen LogP contribution in [0.4, 0.5) is 0 Å². The van der Waals surface area contributed by atoms with Crippen LogP contribution in [0.3, 0.4) is 0 Å². The molecule has 1 aromatic rings. The van der Waals surface area contributed by atoms with E-state index in [4.69, 9.17) is 15.7 Å². The van der Waals surface area contributed by atoms with Gasteiger partial charge >= 0.3 is 0 Å². The first-order chi connectivity index (χ1) is 9.04. The van der Waals surface area contributed by atoms with E-state index < -0.39 is 0 Å². The Bertz CT molecular complexity index is 478. The lowest BCUT2D eigenvalue weighted by molar-refractivity contribution is -0.123. The zero-order valence-electron chi connectivity index (χ0n) is 11.3. The van der Waals surface area contributed by atoms with Gasteiger partial charge in [0, 0.05) is 12.6 Å². The molecular weight excluding hydrogens is 242 g/mol. The molecule has 0 saturated heterocycles. The molecule has 0 bridgehead atoms. The molecule has 102 valence electrons. The van der Waals surface area contributed by atoms with Crippen molar-refractivity contribution in [1.29, 1.82) is 5.26 Å². The van der Waals surface area contributed by atoms with Crippen molar-refractivity contribution < 1.29 is 9.53 Å². The van der Waals surface area contributed by atoms with Gasteiger partial charge in [0.15, 0.2) is 6.61 Å². The van der Waals surface area contributed by atoms with E-state index in [0.717, 1.165) is 11.1 Å². The lowest BCUT2D eigenvalue weighted by Gasteiger charge is -2.12. The lowest BCUT2D eigenvalue weighted by atomic mass is 10.1. The smallest absolute Gasteiger partial charge is 0.257 e. The van der Waals surface area contributed by atoms with Crippen LogP contribution in [-0.2, 0) is 4.79 Å². The Kier molecular flexibility index (Phi) is 5.83. The number of ether oxygens (including phenoxy) is 1. The van der Waals surface area contributed by atoms with Gasteiger partial charge < -0.3 is 15.8 Å². The standard InChI is InChI=1S/C14H19N3O2/c1-10-8-12(11(2)16)4-5-13(10)19-9-14(18)17-7-3-6-15/h4-5,8,11H,3,7,9,16H2,1-2H3,(H,17,18)/t11-/m1/s1. The average Bonchev–Trinajstić information content (AvgIpc) is 2.37. The van der Waals surface area contributed by atoms with Crippen LogP contribution in [0.1, 0.15) is 30.5 Å². The Morgan fingerprint density at radius 1 is 1.58 bits per heavy atom. The number of rotatable bonds is 6. The number of carbonyl (C=O) groups is 1. The number of hydrogen-bond acceptors (Lipinski definition) is 4. The van der Waals surface area contributed by atoms with E-state index in [2.05, 4.69) is 5.32 Å². The normalized spacial score (nSPS) is 11.5. The molecule has 19 heavy (non-hydrogen) atoms. The van der Waals surface area contributed by atoms with Crippen LogP contribution in [0.2, 0.25) is 0 Å². The number of amides is 1. The number of carbonyl (C=O) groups excluding carboxylic acids is 1. The summed E-state index contributed by atoms with van der Waals surface area (Å²) in [5.74, 6) is 0.436. The van der Waals surface area contributed by atoms with Crippen LogP contribution in [0.15, 0.2) is 18.2 Å². The highest BCUT2D eigenvalue weighted by atomic mass is 16.5. The molecule has 3 N–H and O–H groups in total.